The zero-order valence-corrected chi connectivity index (χ0v) is 53.6. The van der Waals surface area contributed by atoms with Gasteiger partial charge in [-0.1, -0.05) is 359 Å². The summed E-state index contributed by atoms with van der Waals surface area (Å²) in [6.45, 7) is 4.99. The molecule has 0 aromatic heterocycles. The Kier molecular flexibility index (Phi) is 67.4. The largest absolute Gasteiger partial charge is 0.466 e. The van der Waals surface area contributed by atoms with E-state index in [1.807, 2.05) is 0 Å². The van der Waals surface area contributed by atoms with Gasteiger partial charge in [-0.05, 0) is 57.8 Å². The van der Waals surface area contributed by atoms with Gasteiger partial charge in [0, 0.05) is 12.8 Å². The number of allylic oxidation sites excluding steroid dienone is 4. The number of carbonyl (C=O) groups is 2. The first-order valence-electron chi connectivity index (χ1n) is 36.1. The number of nitrogens with one attached hydrogen (secondary N) is 1. The maximum Gasteiger partial charge on any atom is 0.305 e. The molecule has 6 nitrogen and oxygen atoms in total. The lowest BCUT2D eigenvalue weighted by Crippen LogP contribution is -2.45. The summed E-state index contributed by atoms with van der Waals surface area (Å²) in [5.74, 6) is -0.0233. The van der Waals surface area contributed by atoms with Crippen molar-refractivity contribution in [1.29, 1.82) is 0 Å². The van der Waals surface area contributed by atoms with Crippen LogP contribution in [-0.4, -0.2) is 47.4 Å². The zero-order valence-electron chi connectivity index (χ0n) is 53.6. The van der Waals surface area contributed by atoms with E-state index in [4.69, 9.17) is 4.74 Å². The molecule has 0 saturated heterocycles. The number of amides is 1. The number of carbonyl (C=O) groups excluding carboxylic acids is 2. The van der Waals surface area contributed by atoms with E-state index in [2.05, 4.69) is 43.5 Å². The number of hydrogen-bond donors (Lipinski definition) is 3. The molecule has 2 unspecified atom stereocenters. The van der Waals surface area contributed by atoms with Gasteiger partial charge in [-0.15, -0.1) is 0 Å². The maximum absolute atomic E-state index is 12.5. The minimum absolute atomic E-state index is 0.0134. The predicted octanol–water partition coefficient (Wildman–Crippen LogP) is 23.3. The number of aliphatic hydroxyl groups is 2. The highest BCUT2D eigenvalue weighted by Crippen LogP contribution is 2.19. The first-order chi connectivity index (χ1) is 39.0. The number of aliphatic hydroxyl groups excluding tert-OH is 2. The van der Waals surface area contributed by atoms with Crippen LogP contribution in [0.15, 0.2) is 24.3 Å². The fourth-order valence-corrected chi connectivity index (χ4v) is 11.5. The topological polar surface area (TPSA) is 95.9 Å². The third-order valence-corrected chi connectivity index (χ3v) is 17.0. The molecule has 0 bridgehead atoms. The maximum atomic E-state index is 12.5. The van der Waals surface area contributed by atoms with Gasteiger partial charge < -0.3 is 20.3 Å². The van der Waals surface area contributed by atoms with Crippen molar-refractivity contribution in [2.75, 3.05) is 13.2 Å². The van der Waals surface area contributed by atoms with Crippen LogP contribution in [0.2, 0.25) is 0 Å². The molecule has 79 heavy (non-hydrogen) atoms. The lowest BCUT2D eigenvalue weighted by molar-refractivity contribution is -0.143. The van der Waals surface area contributed by atoms with E-state index < -0.39 is 12.1 Å². The van der Waals surface area contributed by atoms with Crippen LogP contribution in [0.4, 0.5) is 0 Å². The van der Waals surface area contributed by atoms with Crippen molar-refractivity contribution >= 4 is 11.9 Å². The van der Waals surface area contributed by atoms with Gasteiger partial charge in [0.15, 0.2) is 0 Å². The molecule has 6 heteroatoms. The van der Waals surface area contributed by atoms with Gasteiger partial charge in [-0.3, -0.25) is 9.59 Å². The second-order valence-corrected chi connectivity index (χ2v) is 24.9. The molecule has 468 valence electrons. The van der Waals surface area contributed by atoms with Crippen LogP contribution in [0.5, 0.6) is 0 Å². The fourth-order valence-electron chi connectivity index (χ4n) is 11.5. The average molecular weight is 1110 g/mol. The van der Waals surface area contributed by atoms with Gasteiger partial charge in [0.25, 0.3) is 0 Å². The number of esters is 1. The van der Waals surface area contributed by atoms with E-state index >= 15 is 0 Å². The van der Waals surface area contributed by atoms with Crippen LogP contribution in [0.25, 0.3) is 0 Å². The Morgan fingerprint density at radius 1 is 0.354 bits per heavy atom. The second-order valence-electron chi connectivity index (χ2n) is 24.9. The molecule has 0 aliphatic carbocycles. The Morgan fingerprint density at radius 2 is 0.633 bits per heavy atom. The first-order valence-corrected chi connectivity index (χ1v) is 36.1. The van der Waals surface area contributed by atoms with Crippen molar-refractivity contribution < 1.29 is 24.5 Å². The van der Waals surface area contributed by atoms with E-state index in [9.17, 15) is 19.8 Å². The SMILES string of the molecule is CCCCCCCCCCCCCCCCCCCCCCCC(O)C(CO)NC(=O)CCCCCCCCCCC/C=C\C/C=C\CCCCCCCCCCCOC(=O)CCCCCCCCCCCCCCCCCC. The minimum atomic E-state index is -0.669. The van der Waals surface area contributed by atoms with Gasteiger partial charge in [0.1, 0.15) is 0 Å². The van der Waals surface area contributed by atoms with Gasteiger partial charge in [0.05, 0.1) is 25.4 Å². The average Bonchev–Trinajstić information content (AvgIpc) is 3.45. The van der Waals surface area contributed by atoms with E-state index in [0.29, 0.717) is 25.9 Å². The molecule has 0 saturated carbocycles. The highest BCUT2D eigenvalue weighted by atomic mass is 16.5. The predicted molar refractivity (Wildman–Crippen MR) is 347 cm³/mol. The Labute approximate surface area is 494 Å². The molecular weight excluding hydrogens is 971 g/mol. The summed E-state index contributed by atoms with van der Waals surface area (Å²) in [7, 11) is 0. The minimum Gasteiger partial charge on any atom is -0.466 e. The van der Waals surface area contributed by atoms with E-state index in [1.54, 1.807) is 0 Å². The summed E-state index contributed by atoms with van der Waals surface area (Å²) in [4.78, 5) is 24.6. The van der Waals surface area contributed by atoms with Crippen LogP contribution in [0.3, 0.4) is 0 Å². The van der Waals surface area contributed by atoms with Crippen LogP contribution in [-0.2, 0) is 14.3 Å². The van der Waals surface area contributed by atoms with E-state index in [1.165, 1.54) is 327 Å². The molecule has 0 aromatic rings. The van der Waals surface area contributed by atoms with E-state index in [-0.39, 0.29) is 18.5 Å². The molecule has 0 aliphatic rings. The van der Waals surface area contributed by atoms with Crippen LogP contribution in [0.1, 0.15) is 406 Å². The summed E-state index contributed by atoms with van der Waals surface area (Å²) in [6, 6.07) is -0.547. The molecule has 0 fully saturated rings. The van der Waals surface area contributed by atoms with Crippen molar-refractivity contribution in [2.45, 2.75) is 418 Å². The lowest BCUT2D eigenvalue weighted by atomic mass is 10.0. The molecule has 3 N–H and O–H groups in total. The standard InChI is InChI=1S/C73H141NO5/c1-3-5-7-9-11-13-15-17-19-21-22-28-31-34-37-41-45-49-53-57-61-65-71(76)70(69-75)74-72(77)66-62-58-54-50-46-42-38-35-32-29-26-24-23-25-27-30-33-36-40-44-48-52-56-60-64-68-79-73(78)67-63-59-55-51-47-43-39-20-18-16-14-12-10-8-6-4-2/h24-27,70-71,75-76H,3-23,28-69H2,1-2H3,(H,74,77)/b26-24-,27-25-. The summed E-state index contributed by atoms with van der Waals surface area (Å²) in [6.07, 6.45) is 86.5. The Bertz CT molecular complexity index is 1230. The quantitative estimate of drug-likeness (QED) is 0.0320. The van der Waals surface area contributed by atoms with Crippen molar-refractivity contribution in [2.24, 2.45) is 0 Å². The molecule has 0 aliphatic heterocycles. The van der Waals surface area contributed by atoms with Crippen molar-refractivity contribution in [3.8, 4) is 0 Å². The van der Waals surface area contributed by atoms with Crippen LogP contribution in [0, 0.1) is 0 Å². The summed E-state index contributed by atoms with van der Waals surface area (Å²) < 4.78 is 5.50. The lowest BCUT2D eigenvalue weighted by Gasteiger charge is -2.22. The molecule has 0 aromatic carbocycles. The highest BCUT2D eigenvalue weighted by molar-refractivity contribution is 5.76. The van der Waals surface area contributed by atoms with Crippen LogP contribution >= 0.6 is 0 Å². The van der Waals surface area contributed by atoms with Gasteiger partial charge in [0.2, 0.25) is 5.91 Å². The van der Waals surface area contributed by atoms with Crippen molar-refractivity contribution in [3.63, 3.8) is 0 Å². The van der Waals surface area contributed by atoms with Crippen molar-refractivity contribution in [3.05, 3.63) is 24.3 Å². The summed E-state index contributed by atoms with van der Waals surface area (Å²) >= 11 is 0. The Morgan fingerprint density at radius 3 is 0.962 bits per heavy atom. The molecular formula is C73H141NO5. The smallest absolute Gasteiger partial charge is 0.305 e. The molecule has 0 radical (unpaired) electrons. The number of unbranched alkanes of at least 4 members (excludes halogenated alkanes) is 53. The fraction of sp³-hybridized carbons (Fsp3) is 0.918. The van der Waals surface area contributed by atoms with Gasteiger partial charge in [-0.2, -0.15) is 0 Å². The molecule has 1 amide bonds. The molecule has 0 spiro atoms. The normalized spacial score (nSPS) is 12.6. The third kappa shape index (κ3) is 65.4. The highest BCUT2D eigenvalue weighted by Gasteiger charge is 2.20. The van der Waals surface area contributed by atoms with Crippen LogP contribution < -0.4 is 5.32 Å². The summed E-state index contributed by atoms with van der Waals surface area (Å²) in [5.41, 5.74) is 0. The molecule has 0 rings (SSSR count). The van der Waals surface area contributed by atoms with E-state index in [0.717, 1.165) is 44.9 Å². The number of ether oxygens (including phenoxy) is 1. The molecule has 0 heterocycles. The Balaban J connectivity index is 3.42. The monoisotopic (exact) mass is 1110 g/mol. The van der Waals surface area contributed by atoms with Crippen molar-refractivity contribution in [1.82, 2.24) is 5.32 Å². The number of rotatable bonds is 68. The summed E-state index contributed by atoms with van der Waals surface area (Å²) in [5, 5.41) is 23.4. The van der Waals surface area contributed by atoms with Gasteiger partial charge >= 0.3 is 5.97 Å². The first kappa shape index (κ1) is 77.3. The number of hydrogen-bond acceptors (Lipinski definition) is 5. The van der Waals surface area contributed by atoms with Gasteiger partial charge in [-0.25, -0.2) is 0 Å². The Hall–Kier alpha value is -1.66. The third-order valence-electron chi connectivity index (χ3n) is 17.0. The second kappa shape index (κ2) is 68.8. The zero-order chi connectivity index (χ0) is 57.1. The molecule has 2 atom stereocenters.